The first-order valence-electron chi connectivity index (χ1n) is 45.5. The van der Waals surface area contributed by atoms with Crippen LogP contribution in [0.4, 0.5) is 0 Å². The summed E-state index contributed by atoms with van der Waals surface area (Å²) in [7, 11) is 0. The summed E-state index contributed by atoms with van der Waals surface area (Å²) in [5, 5.41) is 29.5. The summed E-state index contributed by atoms with van der Waals surface area (Å²) in [4.78, 5) is 0. The van der Waals surface area contributed by atoms with Gasteiger partial charge in [-0.3, -0.25) is 0 Å². The van der Waals surface area contributed by atoms with Crippen molar-refractivity contribution in [3.8, 4) is 100 Å². The lowest BCUT2D eigenvalue weighted by atomic mass is 9.86. The number of hydrogen-bond acceptors (Lipinski definition) is 2. The molecule has 0 saturated heterocycles. The third kappa shape index (κ3) is 11.9. The van der Waals surface area contributed by atoms with E-state index >= 15 is 0 Å². The second-order valence-corrected chi connectivity index (χ2v) is 35.1. The normalized spacial score (nSPS) is 11.9. The van der Waals surface area contributed by atoms with E-state index in [2.05, 4.69) is 470 Å². The first-order valence-corrected chi connectivity index (χ1v) is 45.5. The Labute approximate surface area is 759 Å². The Bertz CT molecular complexity index is 9530. The summed E-state index contributed by atoms with van der Waals surface area (Å²) in [5.74, 6) is 0. The molecule has 0 aliphatic rings. The van der Waals surface area contributed by atoms with Crippen LogP contribution < -0.4 is 0 Å². The molecule has 4 nitrogen and oxygen atoms in total. The highest BCUT2D eigenvalue weighted by Gasteiger charge is 2.25. The number of hydrogen-bond donors (Lipinski definition) is 0. The van der Waals surface area contributed by atoms with Crippen molar-refractivity contribution in [2.45, 2.75) is 0 Å². The van der Waals surface area contributed by atoms with E-state index in [0.717, 1.165) is 99.6 Å². The fourth-order valence-electron chi connectivity index (χ4n) is 22.0. The van der Waals surface area contributed by atoms with Crippen molar-refractivity contribution in [1.82, 2.24) is 9.13 Å². The number of rotatable bonds is 10. The number of nitrogens with zero attached hydrogens (tertiary/aromatic N) is 2. The minimum absolute atomic E-state index is 0.904. The molecule has 4 aromatic heterocycles. The molecule has 0 saturated carbocycles. The smallest absolute Gasteiger partial charge is 0.143 e. The van der Waals surface area contributed by atoms with E-state index in [1.807, 2.05) is 12.1 Å². The topological polar surface area (TPSA) is 36.1 Å². The monoisotopic (exact) mass is 1670 g/mol. The summed E-state index contributed by atoms with van der Waals surface area (Å²) in [5.41, 5.74) is 29.7. The Morgan fingerprint density at radius 2 is 0.417 bits per heavy atom. The predicted molar refractivity (Wildman–Crippen MR) is 560 cm³/mol. The zero-order valence-electron chi connectivity index (χ0n) is 71.7. The Kier molecular flexibility index (Phi) is 17.1. The van der Waals surface area contributed by atoms with Gasteiger partial charge in [0.25, 0.3) is 0 Å². The summed E-state index contributed by atoms with van der Waals surface area (Å²) in [6.45, 7) is 0. The first kappa shape index (κ1) is 74.8. The summed E-state index contributed by atoms with van der Waals surface area (Å²) in [6, 6.07) is 173. The molecule has 612 valence electrons. The maximum Gasteiger partial charge on any atom is 0.143 e. The molecule has 28 aromatic rings. The summed E-state index contributed by atoms with van der Waals surface area (Å²) in [6.07, 6.45) is 0. The van der Waals surface area contributed by atoms with Crippen LogP contribution in [-0.4, -0.2) is 9.13 Å². The quantitative estimate of drug-likeness (QED) is 0.101. The SMILES string of the molecule is c1ccc(-c2c3ccccc3c(-c3ccc(-n4c5ccc(-c6cc7ccccc7c7ccccc67)cc5c5cc(-c6cccc7c6oc6ccccc67)ccc54)cc3)c3ccccc23)cc1.c1ccc(-c2c3ccccc3c(-c3ccc(-n4c5ccc(-c6ccc7c(ccc8ccccc87)c6)cc5c5cc(-c6cccc7c6oc6ccccc67)ccc54)cc3)c3ccccc23)cc1. The fourth-order valence-corrected chi connectivity index (χ4v) is 22.0. The lowest BCUT2D eigenvalue weighted by Gasteiger charge is -2.18. The molecule has 0 fully saturated rings. The van der Waals surface area contributed by atoms with Crippen LogP contribution in [0, 0.1) is 0 Å². The van der Waals surface area contributed by atoms with Gasteiger partial charge in [-0.2, -0.15) is 0 Å². The van der Waals surface area contributed by atoms with Crippen molar-refractivity contribution < 1.29 is 8.83 Å². The van der Waals surface area contributed by atoms with Gasteiger partial charge in [0.15, 0.2) is 0 Å². The highest BCUT2D eigenvalue weighted by molar-refractivity contribution is 6.25. The lowest BCUT2D eigenvalue weighted by Crippen LogP contribution is -1.95. The van der Waals surface area contributed by atoms with Crippen molar-refractivity contribution in [1.29, 1.82) is 0 Å². The van der Waals surface area contributed by atoms with Crippen LogP contribution in [0.5, 0.6) is 0 Å². The standard InChI is InChI=1S/2C64H39NO/c1-2-14-41(15-3-1)62-52-18-6-8-20-54(52)63(55-21-9-7-19-53(55)62)42-27-32-47(33-28-42)65-59-35-30-44(43-29-34-49-45(37-43)26-25-40-13-4-5-16-48(40)49)38-57(59)58-39-46(31-36-60(58)65)50-22-12-23-56-51-17-10-11-24-61(51)66-64(50)56;1-2-15-40(16-3-1)62-51-22-8-10-24-53(51)63(54-25-11-9-23-52(54)62)41-29-33-45(34-30-41)65-59-35-31-43(47-26-14-27-55-50-21-12-13-28-61(50)66-64(47)55)38-57(59)58-39-44(32-36-60(58)65)56-37-42-17-4-5-18-46(42)48-19-6-7-20-49(48)56/h2*1-39H. The molecule has 0 bridgehead atoms. The maximum absolute atomic E-state index is 6.59. The average molecular weight is 1680 g/mol. The number of fused-ring (bicyclic) bond motifs is 22. The zero-order valence-corrected chi connectivity index (χ0v) is 71.7. The first-order chi connectivity index (χ1) is 65.5. The predicted octanol–water partition coefficient (Wildman–Crippen LogP) is 35.9. The van der Waals surface area contributed by atoms with E-state index in [1.165, 1.54) is 174 Å². The van der Waals surface area contributed by atoms with Crippen molar-refractivity contribution >= 4 is 174 Å². The van der Waals surface area contributed by atoms with E-state index in [4.69, 9.17) is 8.83 Å². The van der Waals surface area contributed by atoms with Gasteiger partial charge in [0.1, 0.15) is 22.3 Å². The molecular weight excluding hydrogens is 1600 g/mol. The van der Waals surface area contributed by atoms with E-state index in [0.29, 0.717) is 0 Å². The second-order valence-electron chi connectivity index (χ2n) is 35.1. The highest BCUT2D eigenvalue weighted by atomic mass is 16.3. The molecular formula is C128H78N2O2. The molecule has 0 atom stereocenters. The van der Waals surface area contributed by atoms with Gasteiger partial charge in [-0.05, 0) is 261 Å². The molecule has 0 aliphatic carbocycles. The minimum Gasteiger partial charge on any atom is -0.455 e. The van der Waals surface area contributed by atoms with Gasteiger partial charge in [0, 0.05) is 65.6 Å². The van der Waals surface area contributed by atoms with Crippen LogP contribution in [-0.2, 0) is 0 Å². The Morgan fingerprint density at radius 1 is 0.136 bits per heavy atom. The van der Waals surface area contributed by atoms with Crippen molar-refractivity contribution in [3.63, 3.8) is 0 Å². The van der Waals surface area contributed by atoms with Crippen LogP contribution in [0.1, 0.15) is 0 Å². The molecule has 4 heterocycles. The number of para-hydroxylation sites is 4. The van der Waals surface area contributed by atoms with E-state index in [9.17, 15) is 0 Å². The van der Waals surface area contributed by atoms with Gasteiger partial charge in [-0.1, -0.05) is 376 Å². The highest BCUT2D eigenvalue weighted by Crippen LogP contribution is 2.50. The van der Waals surface area contributed by atoms with Gasteiger partial charge in [0.2, 0.25) is 0 Å². The molecule has 4 heteroatoms. The van der Waals surface area contributed by atoms with Crippen LogP contribution in [0.15, 0.2) is 482 Å². The van der Waals surface area contributed by atoms with Gasteiger partial charge < -0.3 is 18.0 Å². The van der Waals surface area contributed by atoms with Gasteiger partial charge in [0.05, 0.1) is 22.1 Å². The molecule has 0 N–H and O–H groups in total. The zero-order chi connectivity index (χ0) is 86.6. The third-order valence-electron chi connectivity index (χ3n) is 27.9. The Morgan fingerprint density at radius 3 is 0.848 bits per heavy atom. The number of aromatic nitrogens is 2. The molecule has 0 radical (unpaired) electrons. The maximum atomic E-state index is 6.59. The second kappa shape index (κ2) is 30.1. The van der Waals surface area contributed by atoms with E-state index < -0.39 is 0 Å². The van der Waals surface area contributed by atoms with E-state index in [1.54, 1.807) is 0 Å². The van der Waals surface area contributed by atoms with Crippen molar-refractivity contribution in [3.05, 3.63) is 473 Å². The molecule has 0 amide bonds. The van der Waals surface area contributed by atoms with Crippen LogP contribution in [0.2, 0.25) is 0 Å². The van der Waals surface area contributed by atoms with Gasteiger partial charge >= 0.3 is 0 Å². The van der Waals surface area contributed by atoms with Crippen molar-refractivity contribution in [2.75, 3.05) is 0 Å². The number of furan rings is 2. The Balaban J connectivity index is 0.000000135. The van der Waals surface area contributed by atoms with Crippen molar-refractivity contribution in [2.24, 2.45) is 0 Å². The van der Waals surface area contributed by atoms with Crippen LogP contribution in [0.25, 0.3) is 274 Å². The summed E-state index contributed by atoms with van der Waals surface area (Å²) < 4.78 is 18.0. The average Bonchev–Trinajstić information content (AvgIpc) is 0.805. The Hall–Kier alpha value is -17.4. The largest absolute Gasteiger partial charge is 0.455 e. The van der Waals surface area contributed by atoms with Crippen LogP contribution >= 0.6 is 0 Å². The molecule has 28 rings (SSSR count). The van der Waals surface area contributed by atoms with Gasteiger partial charge in [-0.15, -0.1) is 0 Å². The van der Waals surface area contributed by atoms with E-state index in [-0.39, 0.29) is 0 Å². The molecule has 24 aromatic carbocycles. The molecule has 0 spiro atoms. The fraction of sp³-hybridized carbons (Fsp3) is 0. The summed E-state index contributed by atoms with van der Waals surface area (Å²) >= 11 is 0. The van der Waals surface area contributed by atoms with Crippen LogP contribution in [0.3, 0.4) is 0 Å². The third-order valence-corrected chi connectivity index (χ3v) is 27.9. The molecule has 0 unspecified atom stereocenters. The lowest BCUT2D eigenvalue weighted by molar-refractivity contribution is 0.669. The molecule has 132 heavy (non-hydrogen) atoms. The number of benzene rings is 24. The van der Waals surface area contributed by atoms with Gasteiger partial charge in [-0.25, -0.2) is 0 Å². The molecule has 0 aliphatic heterocycles. The minimum atomic E-state index is 0.904.